The molecule has 0 bridgehead atoms. The lowest BCUT2D eigenvalue weighted by Gasteiger charge is -2.23. The van der Waals surface area contributed by atoms with Crippen LogP contribution in [0.25, 0.3) is 0 Å². The quantitative estimate of drug-likeness (QED) is 0.710. The molecule has 0 spiro atoms. The lowest BCUT2D eigenvalue weighted by atomic mass is 10.2. The van der Waals surface area contributed by atoms with Gasteiger partial charge in [-0.1, -0.05) is 6.92 Å². The van der Waals surface area contributed by atoms with Crippen LogP contribution in [0.1, 0.15) is 26.2 Å². The molecule has 1 atom stereocenters. The van der Waals surface area contributed by atoms with Gasteiger partial charge in [0.05, 0.1) is 6.61 Å². The molecule has 1 rings (SSSR count). The molecule has 1 aliphatic rings. The van der Waals surface area contributed by atoms with Crippen molar-refractivity contribution in [2.24, 2.45) is 0 Å². The van der Waals surface area contributed by atoms with E-state index in [9.17, 15) is 14.7 Å². The van der Waals surface area contributed by atoms with E-state index in [0.717, 1.165) is 6.42 Å². The van der Waals surface area contributed by atoms with Crippen molar-refractivity contribution in [3.05, 3.63) is 0 Å². The number of nitrogens with zero attached hydrogens (tertiary/aromatic N) is 1. The minimum absolute atomic E-state index is 0.00905. The fraction of sp³-hybridized carbons (Fsp3) is 0.800. The van der Waals surface area contributed by atoms with Crippen LogP contribution in [0.4, 0.5) is 0 Å². The second-order valence-electron chi connectivity index (χ2n) is 3.59. The first-order chi connectivity index (χ1) is 7.20. The van der Waals surface area contributed by atoms with E-state index < -0.39 is 0 Å². The van der Waals surface area contributed by atoms with Gasteiger partial charge in [0.1, 0.15) is 6.04 Å². The van der Waals surface area contributed by atoms with Gasteiger partial charge in [0.25, 0.3) is 0 Å². The Morgan fingerprint density at radius 1 is 1.47 bits per heavy atom. The van der Waals surface area contributed by atoms with Crippen LogP contribution in [-0.2, 0) is 14.7 Å². The Morgan fingerprint density at radius 3 is 2.80 bits per heavy atom. The van der Waals surface area contributed by atoms with Gasteiger partial charge >= 0.3 is 0 Å². The number of amides is 2. The van der Waals surface area contributed by atoms with E-state index in [4.69, 9.17) is 0 Å². The van der Waals surface area contributed by atoms with Gasteiger partial charge in [0, 0.05) is 19.5 Å². The largest absolute Gasteiger partial charge is 0.352 e. The Kier molecular flexibility index (Phi) is 4.55. The average molecular weight is 213 g/mol. The summed E-state index contributed by atoms with van der Waals surface area (Å²) in [6.07, 6.45) is 1.99. The van der Waals surface area contributed by atoms with Crippen LogP contribution in [0.3, 0.4) is 0 Å². The molecule has 5 heteroatoms. The van der Waals surface area contributed by atoms with E-state index in [-0.39, 0.29) is 31.0 Å². The Morgan fingerprint density at radius 2 is 2.20 bits per heavy atom. The smallest absolute Gasteiger partial charge is 0.242 e. The van der Waals surface area contributed by atoms with Gasteiger partial charge in [0.2, 0.25) is 11.8 Å². The highest BCUT2D eigenvalue weighted by atomic mass is 16.3. The predicted molar refractivity (Wildman–Crippen MR) is 53.6 cm³/mol. The van der Waals surface area contributed by atoms with Gasteiger partial charge in [-0.2, -0.15) is 0 Å². The van der Waals surface area contributed by atoms with Crippen molar-refractivity contribution < 1.29 is 14.7 Å². The van der Waals surface area contributed by atoms with Crippen LogP contribution >= 0.6 is 0 Å². The monoisotopic (exact) mass is 213 g/mol. The standard InChI is InChI=1S/C10H17N2O3/c1-2-9(14)12-6-3-4-8(12)10(15)11-5-7-13/h8H,2-7H2,1H3,(H,11,15). The second kappa shape index (κ2) is 5.70. The van der Waals surface area contributed by atoms with Gasteiger partial charge < -0.3 is 10.2 Å². The molecule has 1 heterocycles. The molecule has 15 heavy (non-hydrogen) atoms. The van der Waals surface area contributed by atoms with Crippen molar-refractivity contribution in [1.29, 1.82) is 0 Å². The molecule has 1 saturated heterocycles. The van der Waals surface area contributed by atoms with Gasteiger partial charge in [-0.15, -0.1) is 0 Å². The molecule has 0 aromatic rings. The summed E-state index contributed by atoms with van der Waals surface area (Å²) in [5.41, 5.74) is 0. The first-order valence-corrected chi connectivity index (χ1v) is 5.36. The maximum absolute atomic E-state index is 11.6. The highest BCUT2D eigenvalue weighted by Crippen LogP contribution is 2.18. The number of hydrogen-bond acceptors (Lipinski definition) is 2. The number of nitrogens with one attached hydrogen (secondary N) is 1. The predicted octanol–water partition coefficient (Wildman–Crippen LogP) is -0.0659. The molecule has 1 fully saturated rings. The molecule has 2 amide bonds. The highest BCUT2D eigenvalue weighted by Gasteiger charge is 2.32. The van der Waals surface area contributed by atoms with Crippen LogP contribution in [0.2, 0.25) is 0 Å². The van der Waals surface area contributed by atoms with Crippen LogP contribution in [0.15, 0.2) is 0 Å². The third-order valence-corrected chi connectivity index (χ3v) is 2.58. The summed E-state index contributed by atoms with van der Waals surface area (Å²) in [7, 11) is 0. The number of carbonyl (C=O) groups is 2. The summed E-state index contributed by atoms with van der Waals surface area (Å²) < 4.78 is 0. The Bertz CT molecular complexity index is 243. The minimum Gasteiger partial charge on any atom is -0.352 e. The third-order valence-electron chi connectivity index (χ3n) is 2.58. The normalized spacial score (nSPS) is 20.4. The summed E-state index contributed by atoms with van der Waals surface area (Å²) in [6, 6.07) is -0.357. The Balaban J connectivity index is 2.52. The van der Waals surface area contributed by atoms with Crippen LogP contribution in [0.5, 0.6) is 0 Å². The summed E-state index contributed by atoms with van der Waals surface area (Å²) in [5.74, 6) is -0.181. The molecule has 0 aliphatic carbocycles. The number of rotatable bonds is 4. The van der Waals surface area contributed by atoms with E-state index in [1.165, 1.54) is 0 Å². The summed E-state index contributed by atoms with van der Waals surface area (Å²) >= 11 is 0. The highest BCUT2D eigenvalue weighted by molar-refractivity contribution is 5.88. The Hall–Kier alpha value is -1.10. The van der Waals surface area contributed by atoms with E-state index in [0.29, 0.717) is 19.4 Å². The SMILES string of the molecule is CCC(=O)N1CCCC1C(=O)NCC[O]. The summed E-state index contributed by atoms with van der Waals surface area (Å²) in [5, 5.41) is 12.8. The van der Waals surface area contributed by atoms with Crippen LogP contribution < -0.4 is 5.32 Å². The molecule has 1 aliphatic heterocycles. The maximum atomic E-state index is 11.6. The molecule has 0 aromatic heterocycles. The van der Waals surface area contributed by atoms with Crippen molar-refractivity contribution in [3.8, 4) is 0 Å². The van der Waals surface area contributed by atoms with Gasteiger partial charge in [0.15, 0.2) is 0 Å². The molecule has 1 radical (unpaired) electrons. The fourth-order valence-corrected chi connectivity index (χ4v) is 1.83. The van der Waals surface area contributed by atoms with Crippen molar-refractivity contribution in [2.75, 3.05) is 19.7 Å². The molecule has 1 N–H and O–H groups in total. The fourth-order valence-electron chi connectivity index (χ4n) is 1.83. The van der Waals surface area contributed by atoms with Gasteiger partial charge in [-0.05, 0) is 12.8 Å². The van der Waals surface area contributed by atoms with Gasteiger partial charge in [-0.3, -0.25) is 9.59 Å². The van der Waals surface area contributed by atoms with Crippen LogP contribution in [0, 0.1) is 0 Å². The zero-order chi connectivity index (χ0) is 11.3. The zero-order valence-corrected chi connectivity index (χ0v) is 8.99. The molecule has 0 saturated carbocycles. The van der Waals surface area contributed by atoms with Crippen molar-refractivity contribution >= 4 is 11.8 Å². The van der Waals surface area contributed by atoms with E-state index in [1.807, 2.05) is 0 Å². The van der Waals surface area contributed by atoms with Crippen LogP contribution in [-0.4, -0.2) is 42.5 Å². The van der Waals surface area contributed by atoms with Crippen molar-refractivity contribution in [1.82, 2.24) is 10.2 Å². The second-order valence-corrected chi connectivity index (χ2v) is 3.59. The van der Waals surface area contributed by atoms with E-state index in [2.05, 4.69) is 5.32 Å². The lowest BCUT2D eigenvalue weighted by Crippen LogP contribution is -2.46. The maximum Gasteiger partial charge on any atom is 0.242 e. The van der Waals surface area contributed by atoms with E-state index >= 15 is 0 Å². The zero-order valence-electron chi connectivity index (χ0n) is 8.99. The topological polar surface area (TPSA) is 69.3 Å². The molecule has 5 nitrogen and oxygen atoms in total. The average Bonchev–Trinajstić information content (AvgIpc) is 2.73. The molecule has 85 valence electrons. The third kappa shape index (κ3) is 2.92. The molecule has 1 unspecified atom stereocenters. The van der Waals surface area contributed by atoms with Gasteiger partial charge in [-0.25, -0.2) is 5.11 Å². The Labute approximate surface area is 89.4 Å². The summed E-state index contributed by atoms with van der Waals surface area (Å²) in [4.78, 5) is 24.7. The number of hydrogen-bond donors (Lipinski definition) is 1. The first kappa shape index (κ1) is 12.0. The molecular weight excluding hydrogens is 196 g/mol. The molecule has 0 aromatic carbocycles. The lowest BCUT2D eigenvalue weighted by molar-refractivity contribution is -0.138. The number of carbonyl (C=O) groups excluding carboxylic acids is 2. The first-order valence-electron chi connectivity index (χ1n) is 5.36. The van der Waals surface area contributed by atoms with Crippen molar-refractivity contribution in [2.45, 2.75) is 32.2 Å². The van der Waals surface area contributed by atoms with E-state index in [1.54, 1.807) is 11.8 Å². The molecular formula is C10H17N2O3. The van der Waals surface area contributed by atoms with Crippen molar-refractivity contribution in [3.63, 3.8) is 0 Å². The summed E-state index contributed by atoms with van der Waals surface area (Å²) in [6.45, 7) is 2.26. The number of likely N-dealkylation sites (tertiary alicyclic amines) is 1. The minimum atomic E-state index is -0.357.